The molecule has 0 saturated carbocycles. The van der Waals surface area contributed by atoms with E-state index >= 15 is 0 Å². The number of sulfonamides is 1. The highest BCUT2D eigenvalue weighted by Crippen LogP contribution is 2.22. The molecule has 1 aliphatic rings. The van der Waals surface area contributed by atoms with Crippen LogP contribution in [0, 0.1) is 0 Å². The summed E-state index contributed by atoms with van der Waals surface area (Å²) in [5.74, 6) is 0.277. The minimum absolute atomic E-state index is 0.218. The van der Waals surface area contributed by atoms with Gasteiger partial charge in [-0.15, -0.1) is 0 Å². The number of nitrogens with zero attached hydrogens (tertiary/aromatic N) is 1. The Labute approximate surface area is 118 Å². The van der Waals surface area contributed by atoms with Crippen molar-refractivity contribution < 1.29 is 13.2 Å². The van der Waals surface area contributed by atoms with E-state index in [0.717, 1.165) is 51.4 Å². The normalized spacial score (nSPS) is 21.7. The van der Waals surface area contributed by atoms with Gasteiger partial charge >= 0.3 is 0 Å². The molecule has 0 aromatic heterocycles. The molecule has 4 nitrogen and oxygen atoms in total. The third-order valence-electron chi connectivity index (χ3n) is 3.53. The van der Waals surface area contributed by atoms with Crippen molar-refractivity contribution in [3.8, 4) is 0 Å². The van der Waals surface area contributed by atoms with Crippen molar-refractivity contribution in [3.05, 3.63) is 0 Å². The molecule has 0 radical (unpaired) electrons. The van der Waals surface area contributed by atoms with Gasteiger partial charge in [0.05, 0.1) is 5.75 Å². The molecule has 1 rings (SSSR count). The number of unbranched alkanes of at least 4 members (excludes halogenated alkanes) is 3. The van der Waals surface area contributed by atoms with Crippen LogP contribution in [0.1, 0.15) is 65.2 Å². The van der Waals surface area contributed by atoms with E-state index in [9.17, 15) is 8.42 Å². The molecule has 0 amide bonds. The van der Waals surface area contributed by atoms with Crippen LogP contribution < -0.4 is 0 Å². The van der Waals surface area contributed by atoms with Gasteiger partial charge < -0.3 is 4.74 Å². The molecule has 5 heteroatoms. The van der Waals surface area contributed by atoms with Crippen molar-refractivity contribution in [1.29, 1.82) is 0 Å². The second-order valence-corrected chi connectivity index (χ2v) is 7.35. The van der Waals surface area contributed by atoms with E-state index in [-0.39, 0.29) is 12.0 Å². The SMILES string of the molecule is CCCCCCS(=O)(=O)N1CCCCC1OCCC. The minimum Gasteiger partial charge on any atom is -0.362 e. The van der Waals surface area contributed by atoms with Gasteiger partial charge in [-0.05, 0) is 32.1 Å². The molecule has 1 heterocycles. The standard InChI is InChI=1S/C14H29NO3S/c1-3-5-6-9-13-19(16,17)15-11-8-7-10-14(15)18-12-4-2/h14H,3-13H2,1-2H3. The fraction of sp³-hybridized carbons (Fsp3) is 1.00. The average Bonchev–Trinajstić information content (AvgIpc) is 2.41. The summed E-state index contributed by atoms with van der Waals surface area (Å²) in [6, 6.07) is 0. The Morgan fingerprint density at radius 3 is 2.58 bits per heavy atom. The molecule has 1 aliphatic heterocycles. The summed E-state index contributed by atoms with van der Waals surface area (Å²) in [5.41, 5.74) is 0. The number of hydrogen-bond donors (Lipinski definition) is 0. The first-order chi connectivity index (χ1) is 9.11. The van der Waals surface area contributed by atoms with Crippen molar-refractivity contribution in [2.24, 2.45) is 0 Å². The van der Waals surface area contributed by atoms with Crippen LogP contribution in [0.3, 0.4) is 0 Å². The lowest BCUT2D eigenvalue weighted by Gasteiger charge is -2.34. The molecule has 0 bridgehead atoms. The monoisotopic (exact) mass is 291 g/mol. The molecule has 1 unspecified atom stereocenters. The van der Waals surface area contributed by atoms with Crippen molar-refractivity contribution in [1.82, 2.24) is 4.31 Å². The third kappa shape index (κ3) is 5.79. The topological polar surface area (TPSA) is 46.6 Å². The van der Waals surface area contributed by atoms with Gasteiger partial charge in [-0.3, -0.25) is 0 Å². The summed E-state index contributed by atoms with van der Waals surface area (Å²) in [7, 11) is -3.14. The Hall–Kier alpha value is -0.130. The van der Waals surface area contributed by atoms with Gasteiger partial charge in [0, 0.05) is 13.2 Å². The molecule has 0 aromatic rings. The first-order valence-corrected chi connectivity index (χ1v) is 9.34. The van der Waals surface area contributed by atoms with Crippen LogP contribution in [0.25, 0.3) is 0 Å². The summed E-state index contributed by atoms with van der Waals surface area (Å²) >= 11 is 0. The largest absolute Gasteiger partial charge is 0.362 e. The molecule has 0 aliphatic carbocycles. The van der Waals surface area contributed by atoms with Gasteiger partial charge in [-0.25, -0.2) is 8.42 Å². The van der Waals surface area contributed by atoms with Crippen LogP contribution in [0.15, 0.2) is 0 Å². The van der Waals surface area contributed by atoms with E-state index in [1.807, 2.05) is 6.92 Å². The zero-order valence-electron chi connectivity index (χ0n) is 12.4. The Morgan fingerprint density at radius 1 is 1.11 bits per heavy atom. The summed E-state index contributed by atoms with van der Waals surface area (Å²) in [5, 5.41) is 0. The number of rotatable bonds is 9. The smallest absolute Gasteiger partial charge is 0.216 e. The molecule has 1 fully saturated rings. The van der Waals surface area contributed by atoms with Gasteiger partial charge in [-0.1, -0.05) is 33.1 Å². The first kappa shape index (κ1) is 16.9. The molecular formula is C14H29NO3S. The van der Waals surface area contributed by atoms with Crippen molar-refractivity contribution in [3.63, 3.8) is 0 Å². The van der Waals surface area contributed by atoms with Crippen LogP contribution in [0.4, 0.5) is 0 Å². The van der Waals surface area contributed by atoms with Gasteiger partial charge in [0.2, 0.25) is 10.0 Å². The summed E-state index contributed by atoms with van der Waals surface area (Å²) in [6.07, 6.45) is 7.60. The molecule has 0 spiro atoms. The lowest BCUT2D eigenvalue weighted by Crippen LogP contribution is -2.46. The van der Waals surface area contributed by atoms with Crippen LogP contribution >= 0.6 is 0 Å². The van der Waals surface area contributed by atoms with Gasteiger partial charge in [0.1, 0.15) is 6.23 Å². The number of hydrogen-bond acceptors (Lipinski definition) is 3. The maximum atomic E-state index is 12.4. The lowest BCUT2D eigenvalue weighted by molar-refractivity contribution is -0.0385. The Balaban J connectivity index is 2.51. The van der Waals surface area contributed by atoms with Crippen molar-refractivity contribution >= 4 is 10.0 Å². The molecule has 19 heavy (non-hydrogen) atoms. The Morgan fingerprint density at radius 2 is 1.89 bits per heavy atom. The quantitative estimate of drug-likeness (QED) is 0.613. The van der Waals surface area contributed by atoms with Crippen LogP contribution in [-0.2, 0) is 14.8 Å². The highest BCUT2D eigenvalue weighted by molar-refractivity contribution is 7.89. The fourth-order valence-corrected chi connectivity index (χ4v) is 4.18. The number of piperidine rings is 1. The van der Waals surface area contributed by atoms with Crippen LogP contribution in [0.2, 0.25) is 0 Å². The third-order valence-corrected chi connectivity index (χ3v) is 5.47. The maximum Gasteiger partial charge on any atom is 0.216 e. The van der Waals surface area contributed by atoms with Crippen molar-refractivity contribution in [2.45, 2.75) is 71.4 Å². The Bertz CT molecular complexity index is 330. The lowest BCUT2D eigenvalue weighted by atomic mass is 10.1. The highest BCUT2D eigenvalue weighted by Gasteiger charge is 2.32. The molecule has 1 atom stereocenters. The van der Waals surface area contributed by atoms with Crippen molar-refractivity contribution in [2.75, 3.05) is 18.9 Å². The van der Waals surface area contributed by atoms with Gasteiger partial charge in [0.15, 0.2) is 0 Å². The van der Waals surface area contributed by atoms with E-state index in [4.69, 9.17) is 4.74 Å². The molecule has 114 valence electrons. The first-order valence-electron chi connectivity index (χ1n) is 7.73. The van der Waals surface area contributed by atoms with E-state index in [1.54, 1.807) is 4.31 Å². The highest BCUT2D eigenvalue weighted by atomic mass is 32.2. The zero-order valence-corrected chi connectivity index (χ0v) is 13.3. The van der Waals surface area contributed by atoms with Crippen LogP contribution in [0.5, 0.6) is 0 Å². The van der Waals surface area contributed by atoms with Gasteiger partial charge in [0.25, 0.3) is 0 Å². The van der Waals surface area contributed by atoms with E-state index < -0.39 is 10.0 Å². The predicted octanol–water partition coefficient (Wildman–Crippen LogP) is 3.14. The van der Waals surface area contributed by atoms with Gasteiger partial charge in [-0.2, -0.15) is 4.31 Å². The number of ether oxygens (including phenoxy) is 1. The molecule has 0 aromatic carbocycles. The second-order valence-electron chi connectivity index (χ2n) is 5.31. The van der Waals surface area contributed by atoms with E-state index in [2.05, 4.69) is 6.92 Å². The molecule has 1 saturated heterocycles. The average molecular weight is 291 g/mol. The maximum absolute atomic E-state index is 12.4. The van der Waals surface area contributed by atoms with Crippen LogP contribution in [-0.4, -0.2) is 37.9 Å². The Kier molecular flexibility index (Phi) is 7.95. The summed E-state index contributed by atoms with van der Waals surface area (Å²) in [4.78, 5) is 0. The van der Waals surface area contributed by atoms with E-state index in [0.29, 0.717) is 13.2 Å². The molecule has 0 N–H and O–H groups in total. The molecular weight excluding hydrogens is 262 g/mol. The fourth-order valence-electron chi connectivity index (χ4n) is 2.44. The zero-order chi connectivity index (χ0) is 14.1. The summed E-state index contributed by atoms with van der Waals surface area (Å²) in [6.45, 7) is 5.46. The minimum atomic E-state index is -3.14. The predicted molar refractivity (Wildman–Crippen MR) is 78.5 cm³/mol. The summed E-state index contributed by atoms with van der Waals surface area (Å²) < 4.78 is 32.1. The van der Waals surface area contributed by atoms with E-state index in [1.165, 1.54) is 0 Å². The second kappa shape index (κ2) is 8.93.